The molecule has 0 unspecified atom stereocenters. The number of ether oxygens (including phenoxy) is 1. The Hall–Kier alpha value is -1.78. The molecule has 1 aromatic carbocycles. The molecule has 2 rings (SSSR count). The molecule has 120 valence electrons. The smallest absolute Gasteiger partial charge is 0.119 e. The zero-order chi connectivity index (χ0) is 15.8. The molecule has 1 heterocycles. The van der Waals surface area contributed by atoms with E-state index in [-0.39, 0.29) is 0 Å². The summed E-state index contributed by atoms with van der Waals surface area (Å²) in [5.41, 5.74) is 0. The van der Waals surface area contributed by atoms with E-state index in [2.05, 4.69) is 11.8 Å². The van der Waals surface area contributed by atoms with E-state index in [0.29, 0.717) is 19.7 Å². The molecule has 0 fully saturated rings. The van der Waals surface area contributed by atoms with E-state index in [4.69, 9.17) is 9.15 Å². The second kappa shape index (κ2) is 8.61. The molecule has 0 radical (unpaired) electrons. The Kier molecular flexibility index (Phi) is 6.49. The number of benzene rings is 1. The van der Waals surface area contributed by atoms with Gasteiger partial charge in [-0.25, -0.2) is 0 Å². The first-order valence-corrected chi connectivity index (χ1v) is 7.81. The molecule has 1 atom stereocenters. The van der Waals surface area contributed by atoms with Crippen molar-refractivity contribution in [1.29, 1.82) is 0 Å². The van der Waals surface area contributed by atoms with Gasteiger partial charge in [0, 0.05) is 6.54 Å². The van der Waals surface area contributed by atoms with Crippen LogP contribution in [0.5, 0.6) is 5.75 Å². The third-order valence-electron chi connectivity index (χ3n) is 3.37. The van der Waals surface area contributed by atoms with E-state index >= 15 is 0 Å². The molecule has 2 aromatic rings. The molecule has 0 amide bonds. The van der Waals surface area contributed by atoms with Crippen molar-refractivity contribution in [2.75, 3.05) is 19.7 Å². The molecule has 0 bridgehead atoms. The van der Waals surface area contributed by atoms with Crippen LogP contribution in [0.25, 0.3) is 0 Å². The van der Waals surface area contributed by atoms with Crippen molar-refractivity contribution >= 4 is 0 Å². The number of nitrogens with zero attached hydrogens (tertiary/aromatic N) is 1. The van der Waals surface area contributed by atoms with Crippen LogP contribution < -0.4 is 4.74 Å². The van der Waals surface area contributed by atoms with E-state index in [1.807, 2.05) is 49.4 Å². The van der Waals surface area contributed by atoms with Gasteiger partial charge in [-0.05, 0) is 44.2 Å². The topological polar surface area (TPSA) is 45.8 Å². The number of aliphatic hydroxyl groups is 1. The molecule has 1 aromatic heterocycles. The van der Waals surface area contributed by atoms with Crippen LogP contribution >= 0.6 is 0 Å². The lowest BCUT2D eigenvalue weighted by Crippen LogP contribution is -2.35. The van der Waals surface area contributed by atoms with Crippen LogP contribution in [0.4, 0.5) is 0 Å². The average molecular weight is 303 g/mol. The summed E-state index contributed by atoms with van der Waals surface area (Å²) in [6.45, 7) is 6.57. The predicted octanol–water partition coefficient (Wildman–Crippen LogP) is 3.24. The maximum atomic E-state index is 10.2. The molecule has 4 heteroatoms. The predicted molar refractivity (Wildman–Crippen MR) is 87.0 cm³/mol. The molecular formula is C18H25NO3. The van der Waals surface area contributed by atoms with Crippen molar-refractivity contribution in [2.45, 2.75) is 32.9 Å². The fourth-order valence-corrected chi connectivity index (χ4v) is 2.40. The number of hydrogen-bond acceptors (Lipinski definition) is 4. The fourth-order valence-electron chi connectivity index (χ4n) is 2.40. The molecule has 1 N–H and O–H groups in total. The zero-order valence-corrected chi connectivity index (χ0v) is 13.4. The van der Waals surface area contributed by atoms with Crippen molar-refractivity contribution in [3.05, 3.63) is 54.0 Å². The first-order valence-electron chi connectivity index (χ1n) is 7.81. The van der Waals surface area contributed by atoms with Gasteiger partial charge >= 0.3 is 0 Å². The van der Waals surface area contributed by atoms with Crippen molar-refractivity contribution in [1.82, 2.24) is 4.90 Å². The Balaban J connectivity index is 1.81. The molecule has 0 aliphatic carbocycles. The van der Waals surface area contributed by atoms with Gasteiger partial charge in [-0.15, -0.1) is 0 Å². The zero-order valence-electron chi connectivity index (χ0n) is 13.4. The number of aliphatic hydroxyl groups excluding tert-OH is 1. The summed E-state index contributed by atoms with van der Waals surface area (Å²) in [7, 11) is 0. The van der Waals surface area contributed by atoms with Crippen molar-refractivity contribution in [3.8, 4) is 5.75 Å². The van der Waals surface area contributed by atoms with Crippen molar-refractivity contribution < 1.29 is 14.3 Å². The van der Waals surface area contributed by atoms with Crippen LogP contribution in [0, 0.1) is 6.92 Å². The summed E-state index contributed by atoms with van der Waals surface area (Å²) < 4.78 is 11.2. The van der Waals surface area contributed by atoms with Gasteiger partial charge in [-0.3, -0.25) is 4.90 Å². The minimum atomic E-state index is -0.525. The van der Waals surface area contributed by atoms with E-state index < -0.39 is 6.10 Å². The Morgan fingerprint density at radius 1 is 1.18 bits per heavy atom. The number of para-hydroxylation sites is 1. The van der Waals surface area contributed by atoms with Crippen LogP contribution in [0.2, 0.25) is 0 Å². The fraction of sp³-hybridized carbons (Fsp3) is 0.444. The molecule has 22 heavy (non-hydrogen) atoms. The largest absolute Gasteiger partial charge is 0.491 e. The minimum Gasteiger partial charge on any atom is -0.491 e. The van der Waals surface area contributed by atoms with Crippen LogP contribution in [-0.2, 0) is 6.54 Å². The molecular weight excluding hydrogens is 278 g/mol. The lowest BCUT2D eigenvalue weighted by Gasteiger charge is -2.23. The second-order valence-corrected chi connectivity index (χ2v) is 5.53. The highest BCUT2D eigenvalue weighted by atomic mass is 16.5. The number of furan rings is 1. The van der Waals surface area contributed by atoms with E-state index in [0.717, 1.165) is 30.2 Å². The third kappa shape index (κ3) is 5.54. The van der Waals surface area contributed by atoms with Crippen molar-refractivity contribution in [3.63, 3.8) is 0 Å². The van der Waals surface area contributed by atoms with Gasteiger partial charge in [0.05, 0.1) is 6.54 Å². The minimum absolute atomic E-state index is 0.293. The molecule has 0 spiro atoms. The Morgan fingerprint density at radius 2 is 1.95 bits per heavy atom. The summed E-state index contributed by atoms with van der Waals surface area (Å²) in [4.78, 5) is 2.19. The number of aryl methyl sites for hydroxylation is 1. The van der Waals surface area contributed by atoms with Crippen LogP contribution in [0.15, 0.2) is 46.9 Å². The Bertz CT molecular complexity index is 538. The summed E-state index contributed by atoms with van der Waals surface area (Å²) in [6.07, 6.45) is 0.509. The maximum absolute atomic E-state index is 10.2. The molecule has 4 nitrogen and oxygen atoms in total. The van der Waals surface area contributed by atoms with Gasteiger partial charge in [-0.2, -0.15) is 0 Å². The maximum Gasteiger partial charge on any atom is 0.119 e. The van der Waals surface area contributed by atoms with Crippen LogP contribution in [0.1, 0.15) is 24.9 Å². The third-order valence-corrected chi connectivity index (χ3v) is 3.37. The summed E-state index contributed by atoms with van der Waals surface area (Å²) in [5, 5.41) is 10.2. The quantitative estimate of drug-likeness (QED) is 0.772. The lowest BCUT2D eigenvalue weighted by atomic mass is 10.3. The normalized spacial score (nSPS) is 12.5. The van der Waals surface area contributed by atoms with E-state index in [1.165, 1.54) is 0 Å². The van der Waals surface area contributed by atoms with Gasteiger partial charge in [0.15, 0.2) is 0 Å². The van der Waals surface area contributed by atoms with Gasteiger partial charge in [0.2, 0.25) is 0 Å². The van der Waals surface area contributed by atoms with E-state index in [1.54, 1.807) is 0 Å². The number of hydrogen-bond donors (Lipinski definition) is 1. The highest BCUT2D eigenvalue weighted by Gasteiger charge is 2.14. The number of rotatable bonds is 9. The highest BCUT2D eigenvalue weighted by molar-refractivity contribution is 5.20. The Labute approximate surface area is 132 Å². The Morgan fingerprint density at radius 3 is 2.59 bits per heavy atom. The summed E-state index contributed by atoms with van der Waals surface area (Å²) in [5.74, 6) is 2.63. The first-order chi connectivity index (χ1) is 10.7. The van der Waals surface area contributed by atoms with Gasteiger partial charge in [0.25, 0.3) is 0 Å². The average Bonchev–Trinajstić information content (AvgIpc) is 2.91. The van der Waals surface area contributed by atoms with Gasteiger partial charge < -0.3 is 14.3 Å². The molecule has 0 aliphatic heterocycles. The highest BCUT2D eigenvalue weighted by Crippen LogP contribution is 2.12. The molecule has 0 aliphatic rings. The van der Waals surface area contributed by atoms with Crippen LogP contribution in [-0.4, -0.2) is 35.8 Å². The summed E-state index contributed by atoms with van der Waals surface area (Å²) in [6, 6.07) is 13.5. The standard InChI is InChI=1S/C18H25NO3/c1-3-11-19(13-18-10-9-15(2)22-18)12-16(20)14-21-17-7-5-4-6-8-17/h4-10,16,20H,3,11-14H2,1-2H3/t16-/m0/s1. The SMILES string of the molecule is CCCN(Cc1ccc(C)o1)C[C@H](O)COc1ccccc1. The molecule has 0 saturated carbocycles. The monoisotopic (exact) mass is 303 g/mol. The first kappa shape index (κ1) is 16.6. The van der Waals surface area contributed by atoms with E-state index in [9.17, 15) is 5.11 Å². The van der Waals surface area contributed by atoms with Crippen molar-refractivity contribution in [2.24, 2.45) is 0 Å². The molecule has 0 saturated heterocycles. The second-order valence-electron chi connectivity index (χ2n) is 5.53. The lowest BCUT2D eigenvalue weighted by molar-refractivity contribution is 0.0632. The van der Waals surface area contributed by atoms with Crippen LogP contribution in [0.3, 0.4) is 0 Å². The summed E-state index contributed by atoms with van der Waals surface area (Å²) >= 11 is 0. The van der Waals surface area contributed by atoms with Gasteiger partial charge in [0.1, 0.15) is 30.0 Å². The van der Waals surface area contributed by atoms with Gasteiger partial charge in [-0.1, -0.05) is 25.1 Å².